The van der Waals surface area contributed by atoms with Crippen molar-refractivity contribution in [1.82, 2.24) is 0 Å². The van der Waals surface area contributed by atoms with Gasteiger partial charge in [0.15, 0.2) is 0 Å². The van der Waals surface area contributed by atoms with Crippen LogP contribution in [0, 0.1) is 13.8 Å². The first kappa shape index (κ1) is 15.7. The summed E-state index contributed by atoms with van der Waals surface area (Å²) in [6.45, 7) is 4.47. The first-order chi connectivity index (χ1) is 14.2. The van der Waals surface area contributed by atoms with Crippen LogP contribution in [-0.2, 0) is 0 Å². The molecule has 0 spiro atoms. The van der Waals surface area contributed by atoms with Gasteiger partial charge in [-0.05, 0) is 87.5 Å². The fourth-order valence-corrected chi connectivity index (χ4v) is 6.56. The van der Waals surface area contributed by atoms with E-state index in [0.29, 0.717) is 0 Å². The number of rotatable bonds is 0. The van der Waals surface area contributed by atoms with Crippen LogP contribution in [0.2, 0.25) is 0 Å². The second-order valence-corrected chi connectivity index (χ2v) is 9.38. The van der Waals surface area contributed by atoms with E-state index in [1.54, 1.807) is 0 Å². The van der Waals surface area contributed by atoms with Gasteiger partial charge in [-0.3, -0.25) is 0 Å². The van der Waals surface area contributed by atoms with Gasteiger partial charge in [-0.1, -0.05) is 54.1 Å². The molecule has 0 fully saturated rings. The molecule has 0 saturated heterocycles. The van der Waals surface area contributed by atoms with Crippen LogP contribution in [0.15, 0.2) is 72.8 Å². The number of hydrogen-bond donors (Lipinski definition) is 0. The van der Waals surface area contributed by atoms with Crippen molar-refractivity contribution in [1.29, 1.82) is 0 Å². The second kappa shape index (κ2) is 5.25. The molecule has 1 heteroatoms. The Kier molecular flexibility index (Phi) is 2.85. The van der Waals surface area contributed by atoms with Crippen molar-refractivity contribution in [2.24, 2.45) is 0 Å². The van der Waals surface area contributed by atoms with Gasteiger partial charge in [0.2, 0.25) is 0 Å². The number of aryl methyl sites for hydroxylation is 2. The van der Waals surface area contributed by atoms with Crippen LogP contribution in [0.4, 0.5) is 0 Å². The predicted molar refractivity (Wildman–Crippen MR) is 128 cm³/mol. The standard InChI is InChI=1S/C28H18S/c1-15-10-11-23-21(12-15)27-24(29-23)13-16(2)25-20-9-5-8-19-18-7-4-3-6-17(18)14-22(26(19)20)28(25)27/h3-14H,1-2H3. The fourth-order valence-electron chi connectivity index (χ4n) is 5.37. The van der Waals surface area contributed by atoms with Crippen LogP contribution in [0.3, 0.4) is 0 Å². The highest BCUT2D eigenvalue weighted by Crippen LogP contribution is 2.55. The third kappa shape index (κ3) is 1.89. The first-order valence-corrected chi connectivity index (χ1v) is 10.9. The molecule has 136 valence electrons. The monoisotopic (exact) mass is 386 g/mol. The summed E-state index contributed by atoms with van der Waals surface area (Å²) in [5.74, 6) is 0. The van der Waals surface area contributed by atoms with Crippen LogP contribution >= 0.6 is 11.3 Å². The van der Waals surface area contributed by atoms with Crippen LogP contribution in [0.5, 0.6) is 0 Å². The summed E-state index contributed by atoms with van der Waals surface area (Å²) in [6, 6.07) is 27.3. The zero-order chi connectivity index (χ0) is 19.3. The molecular formula is C28H18S. The van der Waals surface area contributed by atoms with Crippen molar-refractivity contribution in [3.05, 3.63) is 83.9 Å². The molecule has 7 rings (SSSR count). The third-order valence-electron chi connectivity index (χ3n) is 6.54. The summed E-state index contributed by atoms with van der Waals surface area (Å²) in [6.07, 6.45) is 0. The minimum atomic E-state index is 1.32. The Bertz CT molecular complexity index is 1660. The minimum Gasteiger partial charge on any atom is -0.135 e. The number of hydrogen-bond acceptors (Lipinski definition) is 1. The molecule has 1 heterocycles. The van der Waals surface area contributed by atoms with E-state index < -0.39 is 0 Å². The van der Waals surface area contributed by atoms with Gasteiger partial charge < -0.3 is 0 Å². The van der Waals surface area contributed by atoms with E-state index in [1.165, 1.54) is 75.1 Å². The lowest BCUT2D eigenvalue weighted by atomic mass is 9.93. The smallest absolute Gasteiger partial charge is 0.0364 e. The highest BCUT2D eigenvalue weighted by molar-refractivity contribution is 7.26. The molecule has 0 bridgehead atoms. The molecule has 1 aromatic heterocycles. The van der Waals surface area contributed by atoms with Gasteiger partial charge in [0.1, 0.15) is 0 Å². The van der Waals surface area contributed by atoms with Gasteiger partial charge >= 0.3 is 0 Å². The van der Waals surface area contributed by atoms with Gasteiger partial charge in [-0.15, -0.1) is 11.3 Å². The van der Waals surface area contributed by atoms with Crippen LogP contribution in [0.25, 0.3) is 64.0 Å². The highest BCUT2D eigenvalue weighted by atomic mass is 32.1. The van der Waals surface area contributed by atoms with Crippen molar-refractivity contribution in [2.45, 2.75) is 13.8 Å². The van der Waals surface area contributed by atoms with E-state index in [2.05, 4.69) is 86.6 Å². The molecule has 0 radical (unpaired) electrons. The van der Waals surface area contributed by atoms with Gasteiger partial charge in [0.05, 0.1) is 0 Å². The van der Waals surface area contributed by atoms with E-state index >= 15 is 0 Å². The Morgan fingerprint density at radius 3 is 2.38 bits per heavy atom. The van der Waals surface area contributed by atoms with E-state index in [-0.39, 0.29) is 0 Å². The summed E-state index contributed by atoms with van der Waals surface area (Å²) in [5, 5.41) is 8.29. The summed E-state index contributed by atoms with van der Waals surface area (Å²) < 4.78 is 2.78. The Morgan fingerprint density at radius 1 is 0.586 bits per heavy atom. The molecule has 0 nitrogen and oxygen atoms in total. The van der Waals surface area contributed by atoms with Crippen molar-refractivity contribution in [2.75, 3.05) is 0 Å². The topological polar surface area (TPSA) is 0 Å². The van der Waals surface area contributed by atoms with E-state index in [0.717, 1.165) is 0 Å². The minimum absolute atomic E-state index is 1.32. The molecule has 0 atom stereocenters. The summed E-state index contributed by atoms with van der Waals surface area (Å²) in [7, 11) is 0. The van der Waals surface area contributed by atoms with E-state index in [9.17, 15) is 0 Å². The summed E-state index contributed by atoms with van der Waals surface area (Å²) >= 11 is 1.92. The molecule has 0 amide bonds. The van der Waals surface area contributed by atoms with Gasteiger partial charge in [0, 0.05) is 20.2 Å². The lowest BCUT2D eigenvalue weighted by Crippen LogP contribution is -1.84. The fraction of sp³-hybridized carbons (Fsp3) is 0.0714. The normalized spacial score (nSPS) is 12.5. The maximum absolute atomic E-state index is 2.42. The zero-order valence-corrected chi connectivity index (χ0v) is 17.2. The molecule has 5 aromatic carbocycles. The summed E-state index contributed by atoms with van der Waals surface area (Å²) in [5.41, 5.74) is 8.36. The summed E-state index contributed by atoms with van der Waals surface area (Å²) in [4.78, 5) is 0. The number of benzene rings is 5. The van der Waals surface area contributed by atoms with E-state index in [1.807, 2.05) is 11.3 Å². The van der Waals surface area contributed by atoms with Gasteiger partial charge in [-0.25, -0.2) is 0 Å². The van der Waals surface area contributed by atoms with Crippen LogP contribution in [-0.4, -0.2) is 0 Å². The van der Waals surface area contributed by atoms with Crippen molar-refractivity contribution in [3.8, 4) is 22.3 Å². The molecule has 6 aromatic rings. The SMILES string of the molecule is Cc1ccc2sc3cc(C)c4c(c3c2c1)-c1cc2ccccc2c2cccc-4c12. The van der Waals surface area contributed by atoms with Crippen molar-refractivity contribution in [3.63, 3.8) is 0 Å². The quantitative estimate of drug-likeness (QED) is 0.229. The molecule has 0 aliphatic heterocycles. The van der Waals surface area contributed by atoms with Crippen LogP contribution in [0.1, 0.15) is 11.1 Å². The van der Waals surface area contributed by atoms with E-state index in [4.69, 9.17) is 0 Å². The average molecular weight is 387 g/mol. The van der Waals surface area contributed by atoms with Gasteiger partial charge in [0.25, 0.3) is 0 Å². The number of thiophene rings is 1. The Hall–Kier alpha value is -3.16. The molecular weight excluding hydrogens is 368 g/mol. The maximum Gasteiger partial charge on any atom is 0.0364 e. The molecule has 29 heavy (non-hydrogen) atoms. The molecule has 1 aliphatic rings. The average Bonchev–Trinajstić information content (AvgIpc) is 3.25. The Balaban J connectivity index is 1.79. The molecule has 0 N–H and O–H groups in total. The predicted octanol–water partition coefficient (Wildman–Crippen LogP) is 8.63. The van der Waals surface area contributed by atoms with Crippen molar-refractivity contribution < 1.29 is 0 Å². The molecule has 0 unspecified atom stereocenters. The van der Waals surface area contributed by atoms with Crippen molar-refractivity contribution >= 4 is 53.1 Å². The maximum atomic E-state index is 2.42. The Labute approximate surface area is 173 Å². The first-order valence-electron chi connectivity index (χ1n) is 10.1. The Morgan fingerprint density at radius 2 is 1.45 bits per heavy atom. The van der Waals surface area contributed by atoms with Gasteiger partial charge in [-0.2, -0.15) is 0 Å². The third-order valence-corrected chi connectivity index (χ3v) is 7.65. The molecule has 0 saturated carbocycles. The largest absolute Gasteiger partial charge is 0.135 e. The molecule has 1 aliphatic carbocycles. The number of fused-ring (bicyclic) bond motifs is 9. The second-order valence-electron chi connectivity index (χ2n) is 8.29. The van der Waals surface area contributed by atoms with Crippen LogP contribution < -0.4 is 0 Å². The lowest BCUT2D eigenvalue weighted by molar-refractivity contribution is 1.51. The highest BCUT2D eigenvalue weighted by Gasteiger charge is 2.27. The lowest BCUT2D eigenvalue weighted by Gasteiger charge is -2.09. The zero-order valence-electron chi connectivity index (χ0n) is 16.3.